The van der Waals surface area contributed by atoms with E-state index in [2.05, 4.69) is 15.5 Å². The fourth-order valence-electron chi connectivity index (χ4n) is 1.27. The number of benzene rings is 1. The van der Waals surface area contributed by atoms with Crippen molar-refractivity contribution in [2.45, 2.75) is 0 Å². The van der Waals surface area contributed by atoms with Crippen molar-refractivity contribution in [3.8, 4) is 0 Å². The first kappa shape index (κ1) is 14.6. The van der Waals surface area contributed by atoms with Gasteiger partial charge in [-0.15, -0.1) is 17.5 Å². The van der Waals surface area contributed by atoms with Gasteiger partial charge in [-0.05, 0) is 18.2 Å². The molecule has 1 aliphatic rings. The van der Waals surface area contributed by atoms with E-state index in [1.54, 1.807) is 23.9 Å². The predicted molar refractivity (Wildman–Crippen MR) is 79.2 cm³/mol. The summed E-state index contributed by atoms with van der Waals surface area (Å²) >= 11 is 13.6. The Morgan fingerprint density at radius 3 is 2.65 bits per heavy atom. The smallest absolute Gasteiger partial charge is 0.183 e. The van der Waals surface area contributed by atoms with E-state index in [9.17, 15) is 0 Å². The highest BCUT2D eigenvalue weighted by Gasteiger charge is 2.14. The first-order chi connectivity index (χ1) is 7.70. The van der Waals surface area contributed by atoms with Gasteiger partial charge in [0.15, 0.2) is 5.17 Å². The molecule has 0 bridgehead atoms. The quantitative estimate of drug-likeness (QED) is 0.862. The van der Waals surface area contributed by atoms with Crippen molar-refractivity contribution in [2.24, 2.45) is 10.2 Å². The van der Waals surface area contributed by atoms with Crippen LogP contribution in [-0.4, -0.2) is 23.7 Å². The van der Waals surface area contributed by atoms with E-state index in [1.807, 2.05) is 13.1 Å². The van der Waals surface area contributed by atoms with Gasteiger partial charge in [0.25, 0.3) is 0 Å². The maximum Gasteiger partial charge on any atom is 0.183 e. The Morgan fingerprint density at radius 2 is 2.06 bits per heavy atom. The summed E-state index contributed by atoms with van der Waals surface area (Å²) in [6.07, 6.45) is 0. The second-order valence-corrected chi connectivity index (χ2v) is 4.92. The van der Waals surface area contributed by atoms with Gasteiger partial charge in [0.1, 0.15) is 0 Å². The Balaban J connectivity index is 0.00000144. The SMILES string of the molecule is CNC1=NN=C(c2cc(Cl)ccc2Cl)CS1.Cl. The number of amidine groups is 1. The lowest BCUT2D eigenvalue weighted by molar-refractivity contribution is 1.13. The predicted octanol–water partition coefficient (Wildman–Crippen LogP) is 3.44. The minimum absolute atomic E-state index is 0. The molecule has 1 aromatic rings. The van der Waals surface area contributed by atoms with Gasteiger partial charge in [-0.3, -0.25) is 0 Å². The van der Waals surface area contributed by atoms with E-state index in [4.69, 9.17) is 23.2 Å². The molecule has 2 rings (SSSR count). The van der Waals surface area contributed by atoms with Gasteiger partial charge in [-0.2, -0.15) is 5.10 Å². The van der Waals surface area contributed by atoms with E-state index < -0.39 is 0 Å². The van der Waals surface area contributed by atoms with Crippen LogP contribution in [-0.2, 0) is 0 Å². The molecule has 1 aromatic carbocycles. The molecule has 0 radical (unpaired) electrons. The molecule has 0 spiro atoms. The highest BCUT2D eigenvalue weighted by atomic mass is 35.5. The van der Waals surface area contributed by atoms with Crippen LogP contribution in [0, 0.1) is 0 Å². The average molecular weight is 311 g/mol. The number of halogens is 3. The van der Waals surface area contributed by atoms with Crippen LogP contribution in [0.1, 0.15) is 5.56 Å². The average Bonchev–Trinajstić information content (AvgIpc) is 2.32. The molecule has 0 fully saturated rings. The van der Waals surface area contributed by atoms with Crippen LogP contribution < -0.4 is 5.32 Å². The fraction of sp³-hybridized carbons (Fsp3) is 0.200. The molecule has 92 valence electrons. The Hall–Kier alpha value is -0.420. The van der Waals surface area contributed by atoms with Gasteiger partial charge in [0, 0.05) is 28.4 Å². The molecule has 1 heterocycles. The number of hydrogen-bond acceptors (Lipinski definition) is 4. The van der Waals surface area contributed by atoms with Crippen molar-refractivity contribution in [1.82, 2.24) is 5.32 Å². The summed E-state index contributed by atoms with van der Waals surface area (Å²) in [4.78, 5) is 0. The third-order valence-corrected chi connectivity index (χ3v) is 3.60. The van der Waals surface area contributed by atoms with Crippen LogP contribution >= 0.6 is 47.4 Å². The molecule has 0 saturated heterocycles. The second kappa shape index (κ2) is 6.50. The molecule has 1 N–H and O–H groups in total. The summed E-state index contributed by atoms with van der Waals surface area (Å²) < 4.78 is 0. The summed E-state index contributed by atoms with van der Waals surface area (Å²) in [7, 11) is 1.82. The standard InChI is InChI=1S/C10H9Cl2N3S.ClH/c1-13-10-15-14-9(5-16-10)7-4-6(11)2-3-8(7)12;/h2-4H,5H2,1H3,(H,13,15);1H. The molecule has 0 aromatic heterocycles. The number of nitrogens with one attached hydrogen (secondary N) is 1. The number of hydrogen-bond donors (Lipinski definition) is 1. The molecule has 17 heavy (non-hydrogen) atoms. The largest absolute Gasteiger partial charge is 0.366 e. The summed E-state index contributed by atoms with van der Waals surface area (Å²) in [6, 6.07) is 5.33. The first-order valence-corrected chi connectivity index (χ1v) is 6.35. The van der Waals surface area contributed by atoms with Gasteiger partial charge in [0.2, 0.25) is 0 Å². The van der Waals surface area contributed by atoms with Crippen molar-refractivity contribution in [3.63, 3.8) is 0 Å². The van der Waals surface area contributed by atoms with Crippen LogP contribution in [0.5, 0.6) is 0 Å². The third kappa shape index (κ3) is 3.52. The molecule has 3 nitrogen and oxygen atoms in total. The van der Waals surface area contributed by atoms with Crippen molar-refractivity contribution in [2.75, 3.05) is 12.8 Å². The zero-order valence-corrected chi connectivity index (χ0v) is 12.1. The summed E-state index contributed by atoms with van der Waals surface area (Å²) in [6.45, 7) is 0. The van der Waals surface area contributed by atoms with Gasteiger partial charge in [-0.1, -0.05) is 35.0 Å². The van der Waals surface area contributed by atoms with Crippen LogP contribution in [0.3, 0.4) is 0 Å². The molecule has 7 heteroatoms. The van der Waals surface area contributed by atoms with Gasteiger partial charge in [-0.25, -0.2) is 0 Å². The number of rotatable bonds is 1. The van der Waals surface area contributed by atoms with Gasteiger partial charge < -0.3 is 5.32 Å². The normalized spacial score (nSPS) is 14.5. The minimum atomic E-state index is 0. The molecular formula is C10H10Cl3N3S. The highest BCUT2D eigenvalue weighted by molar-refractivity contribution is 8.14. The highest BCUT2D eigenvalue weighted by Crippen LogP contribution is 2.24. The van der Waals surface area contributed by atoms with E-state index >= 15 is 0 Å². The fourth-order valence-corrected chi connectivity index (χ4v) is 2.40. The zero-order chi connectivity index (χ0) is 11.5. The van der Waals surface area contributed by atoms with Crippen molar-refractivity contribution in [3.05, 3.63) is 33.8 Å². The third-order valence-electron chi connectivity index (χ3n) is 2.06. The topological polar surface area (TPSA) is 36.8 Å². The Morgan fingerprint density at radius 1 is 1.29 bits per heavy atom. The molecular weight excluding hydrogens is 301 g/mol. The van der Waals surface area contributed by atoms with Crippen molar-refractivity contribution in [1.29, 1.82) is 0 Å². The number of thioether (sulfide) groups is 1. The second-order valence-electron chi connectivity index (χ2n) is 3.11. The maximum absolute atomic E-state index is 6.09. The van der Waals surface area contributed by atoms with Crippen LogP contribution in [0.15, 0.2) is 28.4 Å². The molecule has 0 aliphatic carbocycles. The van der Waals surface area contributed by atoms with Crippen molar-refractivity contribution >= 4 is 58.3 Å². The maximum atomic E-state index is 6.09. The van der Waals surface area contributed by atoms with Gasteiger partial charge >= 0.3 is 0 Å². The van der Waals surface area contributed by atoms with E-state index in [1.165, 1.54) is 0 Å². The van der Waals surface area contributed by atoms with Gasteiger partial charge in [0.05, 0.1) is 5.71 Å². The lowest BCUT2D eigenvalue weighted by atomic mass is 10.1. The van der Waals surface area contributed by atoms with Crippen LogP contribution in [0.2, 0.25) is 10.0 Å². The van der Waals surface area contributed by atoms with E-state index in [0.29, 0.717) is 10.0 Å². The summed E-state index contributed by atoms with van der Waals surface area (Å²) in [5.74, 6) is 0.736. The molecule has 0 saturated carbocycles. The van der Waals surface area contributed by atoms with Crippen LogP contribution in [0.25, 0.3) is 0 Å². The molecule has 0 amide bonds. The van der Waals surface area contributed by atoms with E-state index in [0.717, 1.165) is 22.2 Å². The lowest BCUT2D eigenvalue weighted by Gasteiger charge is -2.12. The monoisotopic (exact) mass is 309 g/mol. The minimum Gasteiger partial charge on any atom is -0.366 e. The zero-order valence-electron chi connectivity index (χ0n) is 8.91. The molecule has 0 atom stereocenters. The Kier molecular flexibility index (Phi) is 5.59. The van der Waals surface area contributed by atoms with Crippen molar-refractivity contribution < 1.29 is 0 Å². The van der Waals surface area contributed by atoms with E-state index in [-0.39, 0.29) is 12.4 Å². The summed E-state index contributed by atoms with van der Waals surface area (Å²) in [5, 5.41) is 13.2. The first-order valence-electron chi connectivity index (χ1n) is 4.61. The number of nitrogens with zero attached hydrogens (tertiary/aromatic N) is 2. The van der Waals surface area contributed by atoms with Crippen LogP contribution in [0.4, 0.5) is 0 Å². The Labute approximate surface area is 120 Å². The summed E-state index contributed by atoms with van der Waals surface area (Å²) in [5.41, 5.74) is 1.69. The lowest BCUT2D eigenvalue weighted by Crippen LogP contribution is -2.20. The molecule has 0 unspecified atom stereocenters. The Bertz CT molecular complexity index is 474. The molecule has 1 aliphatic heterocycles.